The van der Waals surface area contributed by atoms with Gasteiger partial charge in [-0.2, -0.15) is 5.26 Å². The molecule has 0 atom stereocenters. The summed E-state index contributed by atoms with van der Waals surface area (Å²) in [6.45, 7) is 2.61. The third kappa shape index (κ3) is 3.36. The molecule has 0 saturated carbocycles. The van der Waals surface area contributed by atoms with Gasteiger partial charge in [0.2, 0.25) is 0 Å². The number of carboxylic acids is 1. The predicted molar refractivity (Wildman–Crippen MR) is 73.4 cm³/mol. The summed E-state index contributed by atoms with van der Waals surface area (Å²) in [5, 5.41) is 25.2. The number of nitrogens with zero attached hydrogens (tertiary/aromatic N) is 4. The standard InChI is InChI=1S/C14H14N4O3/c1-2-3-6-21-13-5-4-11(7-10(13)8-15)18-9-12(14(19)20)16-17-18/h4-5,7,9H,2-3,6H2,1H3,(H,19,20). The summed E-state index contributed by atoms with van der Waals surface area (Å²) in [6.07, 6.45) is 3.21. The molecule has 0 fully saturated rings. The first kappa shape index (κ1) is 14.5. The summed E-state index contributed by atoms with van der Waals surface area (Å²) in [7, 11) is 0. The molecular weight excluding hydrogens is 272 g/mol. The Morgan fingerprint density at radius 2 is 2.33 bits per heavy atom. The SMILES string of the molecule is CCCCOc1ccc(-n2cc(C(=O)O)nn2)cc1C#N. The third-order valence-electron chi connectivity index (χ3n) is 2.82. The van der Waals surface area contributed by atoms with Crippen LogP contribution in [0.2, 0.25) is 0 Å². The maximum absolute atomic E-state index is 10.8. The lowest BCUT2D eigenvalue weighted by atomic mass is 10.2. The first-order chi connectivity index (χ1) is 10.2. The van der Waals surface area contributed by atoms with E-state index in [0.29, 0.717) is 23.6 Å². The van der Waals surface area contributed by atoms with E-state index in [0.717, 1.165) is 12.8 Å². The van der Waals surface area contributed by atoms with Crippen molar-refractivity contribution in [2.75, 3.05) is 6.61 Å². The molecule has 7 nitrogen and oxygen atoms in total. The number of aromatic carboxylic acids is 1. The highest BCUT2D eigenvalue weighted by molar-refractivity contribution is 5.84. The zero-order valence-electron chi connectivity index (χ0n) is 11.5. The number of rotatable bonds is 6. The fraction of sp³-hybridized carbons (Fsp3) is 0.286. The van der Waals surface area contributed by atoms with Crippen LogP contribution in [0.4, 0.5) is 0 Å². The van der Waals surface area contributed by atoms with Gasteiger partial charge in [-0.25, -0.2) is 9.48 Å². The van der Waals surface area contributed by atoms with Crippen LogP contribution in [-0.4, -0.2) is 32.7 Å². The number of hydrogen-bond acceptors (Lipinski definition) is 5. The largest absolute Gasteiger partial charge is 0.492 e. The van der Waals surface area contributed by atoms with Crippen LogP contribution in [0, 0.1) is 11.3 Å². The average Bonchev–Trinajstić information content (AvgIpc) is 2.98. The van der Waals surface area contributed by atoms with Gasteiger partial charge in [-0.15, -0.1) is 5.10 Å². The van der Waals surface area contributed by atoms with Crippen LogP contribution < -0.4 is 4.74 Å². The molecule has 0 spiro atoms. The Balaban J connectivity index is 2.25. The Morgan fingerprint density at radius 1 is 1.52 bits per heavy atom. The second-order valence-corrected chi connectivity index (χ2v) is 4.35. The molecule has 0 bridgehead atoms. The molecule has 21 heavy (non-hydrogen) atoms. The highest BCUT2D eigenvalue weighted by atomic mass is 16.5. The van der Waals surface area contributed by atoms with Crippen molar-refractivity contribution in [3.8, 4) is 17.5 Å². The van der Waals surface area contributed by atoms with Crippen LogP contribution in [0.1, 0.15) is 35.8 Å². The molecular formula is C14H14N4O3. The fourth-order valence-corrected chi connectivity index (χ4v) is 1.69. The number of benzene rings is 1. The Kier molecular flexibility index (Phi) is 4.51. The fourth-order valence-electron chi connectivity index (χ4n) is 1.69. The number of nitriles is 1. The first-order valence-corrected chi connectivity index (χ1v) is 6.48. The van der Waals surface area contributed by atoms with E-state index in [4.69, 9.17) is 9.84 Å². The van der Waals surface area contributed by atoms with Crippen LogP contribution in [0.15, 0.2) is 24.4 Å². The van der Waals surface area contributed by atoms with Crippen LogP contribution in [-0.2, 0) is 0 Å². The molecule has 0 aliphatic rings. The van der Waals surface area contributed by atoms with Gasteiger partial charge in [0.15, 0.2) is 5.69 Å². The highest BCUT2D eigenvalue weighted by Gasteiger charge is 2.11. The zero-order chi connectivity index (χ0) is 15.2. The van der Waals surface area contributed by atoms with E-state index in [2.05, 4.69) is 23.3 Å². The van der Waals surface area contributed by atoms with E-state index >= 15 is 0 Å². The van der Waals surface area contributed by atoms with Gasteiger partial charge in [-0.05, 0) is 24.6 Å². The zero-order valence-corrected chi connectivity index (χ0v) is 11.5. The number of unbranched alkanes of at least 4 members (excludes halogenated alkanes) is 1. The smallest absolute Gasteiger partial charge is 0.358 e. The van der Waals surface area contributed by atoms with Crippen molar-refractivity contribution >= 4 is 5.97 Å². The minimum absolute atomic E-state index is 0.156. The van der Waals surface area contributed by atoms with Crippen molar-refractivity contribution in [2.24, 2.45) is 0 Å². The van der Waals surface area contributed by atoms with Crippen molar-refractivity contribution in [1.29, 1.82) is 5.26 Å². The number of carbonyl (C=O) groups is 1. The minimum Gasteiger partial charge on any atom is -0.492 e. The minimum atomic E-state index is -1.15. The van der Waals surface area contributed by atoms with Gasteiger partial charge < -0.3 is 9.84 Å². The Hall–Kier alpha value is -2.88. The van der Waals surface area contributed by atoms with Crippen LogP contribution in [0.3, 0.4) is 0 Å². The maximum atomic E-state index is 10.8. The van der Waals surface area contributed by atoms with E-state index in [1.807, 2.05) is 0 Å². The molecule has 0 unspecified atom stereocenters. The summed E-state index contributed by atoms with van der Waals surface area (Å²) in [5.74, 6) is -0.644. The van der Waals surface area contributed by atoms with Gasteiger partial charge in [0, 0.05) is 0 Å². The maximum Gasteiger partial charge on any atom is 0.358 e. The molecule has 1 aromatic heterocycles. The van der Waals surface area contributed by atoms with Crippen LogP contribution in [0.5, 0.6) is 5.75 Å². The summed E-state index contributed by atoms with van der Waals surface area (Å²) < 4.78 is 6.85. The summed E-state index contributed by atoms with van der Waals surface area (Å²) in [6, 6.07) is 7.01. The third-order valence-corrected chi connectivity index (χ3v) is 2.82. The second kappa shape index (κ2) is 6.52. The van der Waals surface area contributed by atoms with Crippen molar-refractivity contribution in [3.05, 3.63) is 35.7 Å². The van der Waals surface area contributed by atoms with Gasteiger partial charge in [-0.3, -0.25) is 0 Å². The van der Waals surface area contributed by atoms with E-state index in [-0.39, 0.29) is 5.69 Å². The number of ether oxygens (including phenoxy) is 1. The number of hydrogen-bond donors (Lipinski definition) is 1. The molecule has 108 valence electrons. The number of carboxylic acid groups (broad SMARTS) is 1. The molecule has 0 radical (unpaired) electrons. The second-order valence-electron chi connectivity index (χ2n) is 4.35. The molecule has 2 rings (SSSR count). The van der Waals surface area contributed by atoms with Gasteiger partial charge in [0.25, 0.3) is 0 Å². The van der Waals surface area contributed by atoms with E-state index in [1.54, 1.807) is 18.2 Å². The Bertz CT molecular complexity index is 688. The van der Waals surface area contributed by atoms with Gasteiger partial charge in [-0.1, -0.05) is 18.6 Å². The van der Waals surface area contributed by atoms with Crippen molar-refractivity contribution in [3.63, 3.8) is 0 Å². The van der Waals surface area contributed by atoms with E-state index in [1.165, 1.54) is 10.9 Å². The van der Waals surface area contributed by atoms with Gasteiger partial charge in [0.1, 0.15) is 11.8 Å². The first-order valence-electron chi connectivity index (χ1n) is 6.48. The normalized spacial score (nSPS) is 10.1. The number of aromatic nitrogens is 3. The lowest BCUT2D eigenvalue weighted by Gasteiger charge is -2.08. The summed E-state index contributed by atoms with van der Waals surface area (Å²) in [4.78, 5) is 10.8. The topological polar surface area (TPSA) is 101 Å². The van der Waals surface area contributed by atoms with Crippen molar-refractivity contribution in [2.45, 2.75) is 19.8 Å². The molecule has 1 N–H and O–H groups in total. The molecule has 0 aliphatic heterocycles. The lowest BCUT2D eigenvalue weighted by molar-refractivity contribution is 0.0690. The van der Waals surface area contributed by atoms with Crippen LogP contribution >= 0.6 is 0 Å². The predicted octanol–water partition coefficient (Wildman–Crippen LogP) is 2.02. The van der Waals surface area contributed by atoms with Crippen molar-refractivity contribution in [1.82, 2.24) is 15.0 Å². The molecule has 0 saturated heterocycles. The van der Waals surface area contributed by atoms with Crippen LogP contribution in [0.25, 0.3) is 5.69 Å². The molecule has 1 heterocycles. The monoisotopic (exact) mass is 286 g/mol. The van der Waals surface area contributed by atoms with Gasteiger partial charge in [0.05, 0.1) is 24.1 Å². The highest BCUT2D eigenvalue weighted by Crippen LogP contribution is 2.21. The lowest BCUT2D eigenvalue weighted by Crippen LogP contribution is -2.01. The quantitative estimate of drug-likeness (QED) is 0.815. The van der Waals surface area contributed by atoms with Gasteiger partial charge >= 0.3 is 5.97 Å². The van der Waals surface area contributed by atoms with Crippen molar-refractivity contribution < 1.29 is 14.6 Å². The Labute approximate surface area is 121 Å². The molecule has 1 aromatic carbocycles. The average molecular weight is 286 g/mol. The summed E-state index contributed by atoms with van der Waals surface area (Å²) >= 11 is 0. The molecule has 0 aliphatic carbocycles. The summed E-state index contributed by atoms with van der Waals surface area (Å²) in [5.41, 5.74) is 0.766. The Morgan fingerprint density at radius 3 is 2.95 bits per heavy atom. The molecule has 7 heteroatoms. The van der Waals surface area contributed by atoms with E-state index in [9.17, 15) is 10.1 Å². The van der Waals surface area contributed by atoms with E-state index < -0.39 is 5.97 Å². The molecule has 2 aromatic rings. The molecule has 0 amide bonds.